The van der Waals surface area contributed by atoms with Gasteiger partial charge in [-0.2, -0.15) is 10.5 Å². The van der Waals surface area contributed by atoms with Crippen LogP contribution < -0.4 is 0 Å². The van der Waals surface area contributed by atoms with E-state index in [1.807, 2.05) is 24.3 Å². The largest absolute Gasteiger partial charge is 0.244 e. The molecule has 1 aliphatic rings. The van der Waals surface area contributed by atoms with E-state index in [0.29, 0.717) is 16.6 Å². The molecule has 4 nitrogen and oxygen atoms in total. The van der Waals surface area contributed by atoms with Gasteiger partial charge in [0, 0.05) is 16.5 Å². The van der Waals surface area contributed by atoms with E-state index in [1.54, 1.807) is 12.1 Å². The highest BCUT2D eigenvalue weighted by Gasteiger charge is 2.25. The molecule has 0 aliphatic heterocycles. The predicted molar refractivity (Wildman–Crippen MR) is 90.9 cm³/mol. The number of rotatable bonds is 0. The molecule has 1 heterocycles. The molecule has 0 amide bonds. The summed E-state index contributed by atoms with van der Waals surface area (Å²) in [6.45, 7) is 0. The third-order valence-corrected chi connectivity index (χ3v) is 4.48. The fourth-order valence-corrected chi connectivity index (χ4v) is 3.44. The Hall–Kier alpha value is -3.76. The van der Waals surface area contributed by atoms with Crippen molar-refractivity contribution in [2.24, 2.45) is 0 Å². The number of nitriles is 2. The van der Waals surface area contributed by atoms with Gasteiger partial charge >= 0.3 is 0 Å². The molecule has 24 heavy (non-hydrogen) atoms. The smallest absolute Gasteiger partial charge is 0.109 e. The Bertz CT molecular complexity index is 1270. The predicted octanol–water partition coefficient (Wildman–Crippen LogP) is 4.17. The standard InChI is InChI=1S/C20H8N4/c21-9-12-7-8-16-18(15(12)10-22)24-20-14-6-2-4-11-3-1-5-13(17(11)14)19(20)23-16/h1-8H. The zero-order chi connectivity index (χ0) is 16.3. The lowest BCUT2D eigenvalue weighted by Gasteiger charge is -2.05. The van der Waals surface area contributed by atoms with Gasteiger partial charge in [-0.1, -0.05) is 36.4 Å². The Labute approximate surface area is 137 Å². The summed E-state index contributed by atoms with van der Waals surface area (Å²) in [6.07, 6.45) is 0. The van der Waals surface area contributed by atoms with Gasteiger partial charge in [-0.3, -0.25) is 0 Å². The summed E-state index contributed by atoms with van der Waals surface area (Å²) in [6, 6.07) is 19.8. The van der Waals surface area contributed by atoms with Crippen LogP contribution in [-0.2, 0) is 0 Å². The molecule has 0 unspecified atom stereocenters. The average Bonchev–Trinajstić information content (AvgIpc) is 2.95. The van der Waals surface area contributed by atoms with Crippen LogP contribution >= 0.6 is 0 Å². The van der Waals surface area contributed by atoms with Crippen LogP contribution in [0, 0.1) is 22.7 Å². The Morgan fingerprint density at radius 2 is 1.46 bits per heavy atom. The minimum Gasteiger partial charge on any atom is -0.244 e. The fraction of sp³-hybridized carbons (Fsp3) is 0. The van der Waals surface area contributed by atoms with Crippen LogP contribution in [-0.4, -0.2) is 9.97 Å². The first kappa shape index (κ1) is 12.8. The minimum absolute atomic E-state index is 0.286. The Morgan fingerprint density at radius 3 is 2.12 bits per heavy atom. The van der Waals surface area contributed by atoms with E-state index in [1.165, 1.54) is 0 Å². The molecule has 0 saturated heterocycles. The molecule has 0 radical (unpaired) electrons. The van der Waals surface area contributed by atoms with E-state index < -0.39 is 0 Å². The topological polar surface area (TPSA) is 73.4 Å². The highest BCUT2D eigenvalue weighted by Crippen LogP contribution is 2.45. The Balaban J connectivity index is 1.97. The molecule has 4 heteroatoms. The first-order valence-electron chi connectivity index (χ1n) is 7.49. The maximum Gasteiger partial charge on any atom is 0.109 e. The zero-order valence-corrected chi connectivity index (χ0v) is 12.4. The highest BCUT2D eigenvalue weighted by atomic mass is 14.8. The second-order valence-corrected chi connectivity index (χ2v) is 5.71. The van der Waals surface area contributed by atoms with Crippen molar-refractivity contribution in [3.05, 3.63) is 59.7 Å². The molecule has 108 valence electrons. The van der Waals surface area contributed by atoms with Crippen LogP contribution in [0.2, 0.25) is 0 Å². The van der Waals surface area contributed by atoms with E-state index >= 15 is 0 Å². The van der Waals surface area contributed by atoms with Crippen LogP contribution in [0.1, 0.15) is 11.1 Å². The van der Waals surface area contributed by atoms with Crippen LogP contribution in [0.15, 0.2) is 48.5 Å². The molecule has 4 aromatic rings. The van der Waals surface area contributed by atoms with Crippen LogP contribution in [0.5, 0.6) is 0 Å². The molecule has 3 aromatic carbocycles. The molecule has 0 saturated carbocycles. The zero-order valence-electron chi connectivity index (χ0n) is 12.4. The van der Waals surface area contributed by atoms with Crippen molar-refractivity contribution in [1.29, 1.82) is 10.5 Å². The van der Waals surface area contributed by atoms with Crippen molar-refractivity contribution in [3.8, 4) is 34.7 Å². The van der Waals surface area contributed by atoms with Crippen molar-refractivity contribution in [2.75, 3.05) is 0 Å². The maximum atomic E-state index is 9.45. The summed E-state index contributed by atoms with van der Waals surface area (Å²) < 4.78 is 0. The van der Waals surface area contributed by atoms with E-state index in [9.17, 15) is 10.5 Å². The number of fused-ring (bicyclic) bond motifs is 4. The van der Waals surface area contributed by atoms with Crippen LogP contribution in [0.25, 0.3) is 44.3 Å². The normalized spacial score (nSPS) is 11.2. The number of hydrogen-bond donors (Lipinski definition) is 0. The average molecular weight is 304 g/mol. The number of hydrogen-bond acceptors (Lipinski definition) is 4. The lowest BCUT2D eigenvalue weighted by atomic mass is 10.0. The monoisotopic (exact) mass is 304 g/mol. The lowest BCUT2D eigenvalue weighted by molar-refractivity contribution is 1.30. The van der Waals surface area contributed by atoms with Gasteiger partial charge in [0.05, 0.1) is 28.0 Å². The highest BCUT2D eigenvalue weighted by molar-refractivity contribution is 6.14. The SMILES string of the molecule is N#Cc1ccc2nc3c(nc2c1C#N)-c1cccc2cccc-3c12. The molecular formula is C20H8N4. The van der Waals surface area contributed by atoms with Gasteiger partial charge in [0.15, 0.2) is 0 Å². The third-order valence-electron chi connectivity index (χ3n) is 4.48. The molecular weight excluding hydrogens is 296 g/mol. The van der Waals surface area contributed by atoms with Crippen molar-refractivity contribution >= 4 is 21.8 Å². The number of benzene rings is 3. The summed E-state index contributed by atoms with van der Waals surface area (Å²) in [4.78, 5) is 9.50. The van der Waals surface area contributed by atoms with Crippen LogP contribution in [0.4, 0.5) is 0 Å². The summed E-state index contributed by atoms with van der Waals surface area (Å²) in [7, 11) is 0. The van der Waals surface area contributed by atoms with Crippen molar-refractivity contribution in [3.63, 3.8) is 0 Å². The van der Waals surface area contributed by atoms with Crippen LogP contribution in [0.3, 0.4) is 0 Å². The third kappa shape index (κ3) is 1.45. The Morgan fingerprint density at radius 1 is 0.750 bits per heavy atom. The second kappa shape index (κ2) is 4.38. The summed E-state index contributed by atoms with van der Waals surface area (Å²) in [5.74, 6) is 0. The Kier molecular flexibility index (Phi) is 2.33. The van der Waals surface area contributed by atoms with E-state index in [-0.39, 0.29) is 5.56 Å². The molecule has 0 atom stereocenters. The van der Waals surface area contributed by atoms with E-state index in [2.05, 4.69) is 24.3 Å². The molecule has 1 aliphatic carbocycles. The van der Waals surface area contributed by atoms with Gasteiger partial charge in [0.2, 0.25) is 0 Å². The van der Waals surface area contributed by atoms with E-state index in [0.717, 1.165) is 33.3 Å². The maximum absolute atomic E-state index is 9.45. The fourth-order valence-electron chi connectivity index (χ4n) is 3.44. The quantitative estimate of drug-likeness (QED) is 0.430. The van der Waals surface area contributed by atoms with Gasteiger partial charge in [0.25, 0.3) is 0 Å². The van der Waals surface area contributed by atoms with Crippen molar-refractivity contribution in [2.45, 2.75) is 0 Å². The molecule has 0 N–H and O–H groups in total. The molecule has 0 bridgehead atoms. The molecule has 5 rings (SSSR count). The second-order valence-electron chi connectivity index (χ2n) is 5.71. The number of aromatic nitrogens is 2. The summed E-state index contributed by atoms with van der Waals surface area (Å²) in [5, 5.41) is 21.0. The van der Waals surface area contributed by atoms with Gasteiger partial charge in [0.1, 0.15) is 17.7 Å². The van der Waals surface area contributed by atoms with Gasteiger partial charge in [-0.05, 0) is 17.5 Å². The molecule has 0 fully saturated rings. The molecule has 1 aromatic heterocycles. The van der Waals surface area contributed by atoms with Crippen molar-refractivity contribution in [1.82, 2.24) is 9.97 Å². The first-order chi connectivity index (χ1) is 11.8. The van der Waals surface area contributed by atoms with Crippen molar-refractivity contribution < 1.29 is 0 Å². The molecule has 0 spiro atoms. The summed E-state index contributed by atoms with van der Waals surface area (Å²) >= 11 is 0. The number of nitrogens with zero attached hydrogens (tertiary/aromatic N) is 4. The van der Waals surface area contributed by atoms with Gasteiger partial charge in [-0.25, -0.2) is 9.97 Å². The first-order valence-corrected chi connectivity index (χ1v) is 7.49. The lowest BCUT2D eigenvalue weighted by Crippen LogP contribution is -1.95. The van der Waals surface area contributed by atoms with Gasteiger partial charge < -0.3 is 0 Å². The van der Waals surface area contributed by atoms with E-state index in [4.69, 9.17) is 9.97 Å². The minimum atomic E-state index is 0.286. The summed E-state index contributed by atoms with van der Waals surface area (Å²) in [5.41, 5.74) is 5.44. The van der Waals surface area contributed by atoms with Gasteiger partial charge in [-0.15, -0.1) is 0 Å².